The summed E-state index contributed by atoms with van der Waals surface area (Å²) in [5.74, 6) is 0.441. The van der Waals surface area contributed by atoms with Crippen LogP contribution in [0.25, 0.3) is 16.7 Å². The topological polar surface area (TPSA) is 80.1 Å². The maximum Gasteiger partial charge on any atom is 0.230 e. The lowest BCUT2D eigenvalue weighted by Crippen LogP contribution is -2.45. The number of fused-ring (bicyclic) bond motifs is 1. The molecule has 2 fully saturated rings. The van der Waals surface area contributed by atoms with Crippen molar-refractivity contribution in [2.45, 2.75) is 52.5 Å². The lowest BCUT2D eigenvalue weighted by Gasteiger charge is -2.32. The first-order valence-corrected chi connectivity index (χ1v) is 10.9. The van der Waals surface area contributed by atoms with Crippen molar-refractivity contribution in [1.82, 2.24) is 19.4 Å². The van der Waals surface area contributed by atoms with Gasteiger partial charge in [-0.25, -0.2) is 9.97 Å². The molecule has 1 aliphatic carbocycles. The molecular weight excluding hydrogens is 390 g/mol. The highest BCUT2D eigenvalue weighted by atomic mass is 16.2. The van der Waals surface area contributed by atoms with Crippen molar-refractivity contribution >= 4 is 28.7 Å². The molecule has 1 aliphatic heterocycles. The number of piperidine rings is 1. The molecule has 0 bridgehead atoms. The van der Waals surface area contributed by atoms with Gasteiger partial charge in [0.25, 0.3) is 0 Å². The quantitative estimate of drug-likeness (QED) is 0.702. The smallest absolute Gasteiger partial charge is 0.230 e. The molecule has 1 N–H and O–H groups in total. The number of carbonyl (C=O) groups is 2. The molecule has 1 saturated heterocycles. The second-order valence-corrected chi connectivity index (χ2v) is 8.80. The molecule has 31 heavy (non-hydrogen) atoms. The summed E-state index contributed by atoms with van der Waals surface area (Å²) < 4.78 is 2.11. The first-order chi connectivity index (χ1) is 14.9. The number of amides is 2. The van der Waals surface area contributed by atoms with Crippen molar-refractivity contribution in [3.05, 3.63) is 47.4 Å². The van der Waals surface area contributed by atoms with E-state index in [9.17, 15) is 9.59 Å². The van der Waals surface area contributed by atoms with Gasteiger partial charge < -0.3 is 10.2 Å². The highest BCUT2D eigenvalue weighted by Crippen LogP contribution is 2.34. The second kappa shape index (κ2) is 7.48. The highest BCUT2D eigenvalue weighted by molar-refractivity contribution is 6.02. The second-order valence-electron chi connectivity index (χ2n) is 8.80. The standard InChI is InChI=1S/C24H27N5O2/c1-14-4-7-19(8-5-14)29-16(3)15(2)21-22(25-13-26-23(21)29)27-24(31)17-6-11-20(30)28(12-17)18-9-10-18/h4-5,7-8,13,17-18H,6,9-12H2,1-3H3,(H,25,26,27,31). The van der Waals surface area contributed by atoms with Crippen LogP contribution in [0.15, 0.2) is 30.6 Å². The molecule has 7 nitrogen and oxygen atoms in total. The molecule has 2 amide bonds. The van der Waals surface area contributed by atoms with Crippen molar-refractivity contribution in [1.29, 1.82) is 0 Å². The summed E-state index contributed by atoms with van der Waals surface area (Å²) in [6.45, 7) is 6.67. The Morgan fingerprint density at radius 2 is 1.81 bits per heavy atom. The Hall–Kier alpha value is -3.22. The van der Waals surface area contributed by atoms with Crippen LogP contribution in [0.1, 0.15) is 42.5 Å². The number of nitrogens with zero attached hydrogens (tertiary/aromatic N) is 4. The van der Waals surface area contributed by atoms with Gasteiger partial charge in [0.2, 0.25) is 11.8 Å². The van der Waals surface area contributed by atoms with Crippen LogP contribution in [0.5, 0.6) is 0 Å². The molecule has 3 aromatic rings. The molecule has 3 heterocycles. The van der Waals surface area contributed by atoms with Crippen LogP contribution in [-0.4, -0.2) is 43.8 Å². The maximum atomic E-state index is 13.1. The average Bonchev–Trinajstić information content (AvgIpc) is 3.57. The number of rotatable bonds is 4. The lowest BCUT2D eigenvalue weighted by molar-refractivity contribution is -0.137. The summed E-state index contributed by atoms with van der Waals surface area (Å²) >= 11 is 0. The number of aromatic nitrogens is 3. The zero-order valence-corrected chi connectivity index (χ0v) is 18.2. The molecule has 2 aromatic heterocycles. The van der Waals surface area contributed by atoms with Crippen LogP contribution in [0.2, 0.25) is 0 Å². The fourth-order valence-electron chi connectivity index (χ4n) is 4.55. The van der Waals surface area contributed by atoms with Crippen molar-refractivity contribution in [2.24, 2.45) is 5.92 Å². The van der Waals surface area contributed by atoms with Gasteiger partial charge in [0.05, 0.1) is 11.3 Å². The number of hydrogen-bond donors (Lipinski definition) is 1. The zero-order chi connectivity index (χ0) is 21.7. The molecule has 1 saturated carbocycles. The summed E-state index contributed by atoms with van der Waals surface area (Å²) in [5, 5.41) is 3.91. The maximum absolute atomic E-state index is 13.1. The molecule has 0 radical (unpaired) electrons. The average molecular weight is 418 g/mol. The number of benzene rings is 1. The minimum atomic E-state index is -0.205. The van der Waals surface area contributed by atoms with Crippen LogP contribution < -0.4 is 5.32 Å². The van der Waals surface area contributed by atoms with E-state index in [0.29, 0.717) is 31.2 Å². The van der Waals surface area contributed by atoms with Crippen LogP contribution in [0.3, 0.4) is 0 Å². The van der Waals surface area contributed by atoms with E-state index in [1.54, 1.807) is 0 Å². The van der Waals surface area contributed by atoms with Gasteiger partial charge in [-0.3, -0.25) is 14.2 Å². The van der Waals surface area contributed by atoms with E-state index in [0.717, 1.165) is 40.8 Å². The van der Waals surface area contributed by atoms with Gasteiger partial charge >= 0.3 is 0 Å². The fourth-order valence-corrected chi connectivity index (χ4v) is 4.55. The van der Waals surface area contributed by atoms with Crippen LogP contribution in [0.4, 0.5) is 5.82 Å². The first kappa shape index (κ1) is 19.7. The third-order valence-corrected chi connectivity index (χ3v) is 6.63. The largest absolute Gasteiger partial charge is 0.339 e. The van der Waals surface area contributed by atoms with Gasteiger partial charge in [-0.15, -0.1) is 0 Å². The Balaban J connectivity index is 1.47. The normalized spacial score (nSPS) is 19.1. The number of nitrogens with one attached hydrogen (secondary N) is 1. The number of carbonyl (C=O) groups excluding carboxylic acids is 2. The van der Waals surface area contributed by atoms with Crippen LogP contribution >= 0.6 is 0 Å². The molecule has 1 aromatic carbocycles. The number of anilines is 1. The predicted molar refractivity (Wildman–Crippen MR) is 119 cm³/mol. The van der Waals surface area contributed by atoms with E-state index in [1.165, 1.54) is 11.9 Å². The Labute approximate surface area is 181 Å². The molecule has 1 atom stereocenters. The van der Waals surface area contributed by atoms with E-state index in [-0.39, 0.29) is 17.7 Å². The van der Waals surface area contributed by atoms with Gasteiger partial charge in [0.15, 0.2) is 5.65 Å². The Bertz CT molecular complexity index is 1180. The number of aryl methyl sites for hydroxylation is 2. The molecule has 2 aliphatic rings. The number of hydrogen-bond acceptors (Lipinski definition) is 4. The van der Waals surface area contributed by atoms with Crippen molar-refractivity contribution in [3.63, 3.8) is 0 Å². The van der Waals surface area contributed by atoms with E-state index in [1.807, 2.05) is 11.8 Å². The SMILES string of the molecule is Cc1ccc(-n2c(C)c(C)c3c(NC(=O)C4CCC(=O)N(C5CC5)C4)ncnc32)cc1. The molecule has 1 unspecified atom stereocenters. The van der Waals surface area contributed by atoms with E-state index in [2.05, 4.69) is 58.0 Å². The van der Waals surface area contributed by atoms with Gasteiger partial charge in [-0.1, -0.05) is 17.7 Å². The zero-order valence-electron chi connectivity index (χ0n) is 18.2. The van der Waals surface area contributed by atoms with Gasteiger partial charge in [-0.2, -0.15) is 0 Å². The summed E-state index contributed by atoms with van der Waals surface area (Å²) in [4.78, 5) is 36.1. The van der Waals surface area contributed by atoms with E-state index in [4.69, 9.17) is 0 Å². The fraction of sp³-hybridized carbons (Fsp3) is 0.417. The lowest BCUT2D eigenvalue weighted by atomic mass is 9.96. The Kier molecular flexibility index (Phi) is 4.76. The first-order valence-electron chi connectivity index (χ1n) is 10.9. The number of likely N-dealkylation sites (tertiary alicyclic amines) is 1. The molecule has 160 valence electrons. The summed E-state index contributed by atoms with van der Waals surface area (Å²) in [6.07, 6.45) is 4.64. The van der Waals surface area contributed by atoms with Gasteiger partial charge in [-0.05, 0) is 57.7 Å². The van der Waals surface area contributed by atoms with Crippen LogP contribution in [0, 0.1) is 26.7 Å². The molecular formula is C24H27N5O2. The summed E-state index contributed by atoms with van der Waals surface area (Å²) in [5.41, 5.74) is 5.12. The minimum Gasteiger partial charge on any atom is -0.339 e. The highest BCUT2D eigenvalue weighted by Gasteiger charge is 2.38. The Morgan fingerprint density at radius 1 is 1.06 bits per heavy atom. The minimum absolute atomic E-state index is 0.0710. The van der Waals surface area contributed by atoms with Crippen LogP contribution in [-0.2, 0) is 9.59 Å². The summed E-state index contributed by atoms with van der Waals surface area (Å²) in [6, 6.07) is 8.65. The molecule has 7 heteroatoms. The molecule has 0 spiro atoms. The van der Waals surface area contributed by atoms with E-state index >= 15 is 0 Å². The molecule has 5 rings (SSSR count). The third kappa shape index (κ3) is 3.48. The Morgan fingerprint density at radius 3 is 2.52 bits per heavy atom. The third-order valence-electron chi connectivity index (χ3n) is 6.63. The summed E-state index contributed by atoms with van der Waals surface area (Å²) in [7, 11) is 0. The van der Waals surface area contributed by atoms with Gasteiger partial charge in [0, 0.05) is 30.4 Å². The van der Waals surface area contributed by atoms with Crippen molar-refractivity contribution < 1.29 is 9.59 Å². The predicted octanol–water partition coefficient (Wildman–Crippen LogP) is 3.69. The van der Waals surface area contributed by atoms with E-state index < -0.39 is 0 Å². The van der Waals surface area contributed by atoms with Crippen molar-refractivity contribution in [3.8, 4) is 5.69 Å². The monoisotopic (exact) mass is 417 g/mol. The van der Waals surface area contributed by atoms with Crippen molar-refractivity contribution in [2.75, 3.05) is 11.9 Å². The van der Waals surface area contributed by atoms with Gasteiger partial charge in [0.1, 0.15) is 12.1 Å².